The van der Waals surface area contributed by atoms with E-state index < -0.39 is 24.5 Å². The van der Waals surface area contributed by atoms with E-state index in [2.05, 4.69) is 32.6 Å². The van der Waals surface area contributed by atoms with Gasteiger partial charge in [0.1, 0.15) is 29.3 Å². The number of rotatable bonds is 1. The summed E-state index contributed by atoms with van der Waals surface area (Å²) in [5, 5.41) is 20.9. The van der Waals surface area contributed by atoms with Crippen LogP contribution in [0, 0.1) is 3.57 Å². The third kappa shape index (κ3) is 2.04. The van der Waals surface area contributed by atoms with E-state index in [1.165, 1.54) is 6.33 Å². The first-order chi connectivity index (χ1) is 9.00. The van der Waals surface area contributed by atoms with Crippen LogP contribution in [0.15, 0.2) is 12.5 Å². The first-order valence-corrected chi connectivity index (χ1v) is 7.14. The maximum Gasteiger partial charge on any atom is 0.164 e. The second-order valence-corrected chi connectivity index (χ2v) is 5.98. The molecule has 0 radical (unpaired) electrons. The van der Waals surface area contributed by atoms with Crippen molar-refractivity contribution in [2.45, 2.75) is 31.5 Å². The van der Waals surface area contributed by atoms with Crippen LogP contribution >= 0.6 is 34.2 Å². The van der Waals surface area contributed by atoms with E-state index in [-0.39, 0.29) is 0 Å². The van der Waals surface area contributed by atoms with Gasteiger partial charge >= 0.3 is 0 Å². The summed E-state index contributed by atoms with van der Waals surface area (Å²) in [7, 11) is 0. The molecule has 1 aliphatic heterocycles. The Kier molecular flexibility index (Phi) is 3.42. The number of halogens is 2. The molecule has 0 bridgehead atoms. The molecule has 2 N–H and O–H groups in total. The molecule has 1 aliphatic rings. The van der Waals surface area contributed by atoms with Gasteiger partial charge in [-0.1, -0.05) is 11.6 Å². The van der Waals surface area contributed by atoms with E-state index in [9.17, 15) is 10.2 Å². The second-order valence-electron chi connectivity index (χ2n) is 4.46. The molecule has 0 spiro atoms. The van der Waals surface area contributed by atoms with E-state index in [1.807, 2.05) is 0 Å². The van der Waals surface area contributed by atoms with E-state index in [0.29, 0.717) is 10.8 Å². The Hall–Kier alpha value is -0.480. The van der Waals surface area contributed by atoms with Crippen molar-refractivity contribution < 1.29 is 14.9 Å². The molecule has 19 heavy (non-hydrogen) atoms. The third-order valence-corrected chi connectivity index (χ3v) is 4.37. The highest BCUT2D eigenvalue weighted by Crippen LogP contribution is 2.35. The molecule has 8 heteroatoms. The predicted molar refractivity (Wildman–Crippen MR) is 76.9 cm³/mol. The summed E-state index contributed by atoms with van der Waals surface area (Å²) in [6, 6.07) is 0. The maximum absolute atomic E-state index is 10.0. The molecule has 0 saturated carbocycles. The molecule has 3 heterocycles. The Morgan fingerprint density at radius 3 is 2.74 bits per heavy atom. The lowest BCUT2D eigenvalue weighted by molar-refractivity contribution is -0.0297. The van der Waals surface area contributed by atoms with Crippen molar-refractivity contribution in [2.75, 3.05) is 0 Å². The molecule has 4 atom stereocenters. The van der Waals surface area contributed by atoms with Crippen molar-refractivity contribution in [1.82, 2.24) is 14.5 Å². The Labute approximate surface area is 127 Å². The van der Waals surface area contributed by atoms with Crippen LogP contribution in [0.3, 0.4) is 0 Å². The number of fused-ring (bicyclic) bond motifs is 1. The van der Waals surface area contributed by atoms with Crippen LogP contribution < -0.4 is 0 Å². The summed E-state index contributed by atoms with van der Waals surface area (Å²) < 4.78 is 8.14. The van der Waals surface area contributed by atoms with Crippen LogP contribution in [0.4, 0.5) is 0 Å². The molecule has 6 nitrogen and oxygen atoms in total. The number of ether oxygens (including phenoxy) is 1. The highest BCUT2D eigenvalue weighted by Gasteiger charge is 2.42. The van der Waals surface area contributed by atoms with Gasteiger partial charge in [-0.25, -0.2) is 9.97 Å². The number of nitrogens with zero attached hydrogens (tertiary/aromatic N) is 3. The first kappa shape index (κ1) is 13.5. The smallest absolute Gasteiger partial charge is 0.164 e. The van der Waals surface area contributed by atoms with Crippen molar-refractivity contribution >= 4 is 45.2 Å². The van der Waals surface area contributed by atoms with E-state index >= 15 is 0 Å². The third-order valence-electron chi connectivity index (χ3n) is 3.27. The van der Waals surface area contributed by atoms with Gasteiger partial charge in [0, 0.05) is 9.77 Å². The zero-order valence-electron chi connectivity index (χ0n) is 9.86. The summed E-state index contributed by atoms with van der Waals surface area (Å²) in [6.45, 7) is 1.71. The molecule has 1 saturated heterocycles. The van der Waals surface area contributed by atoms with Gasteiger partial charge in [-0.3, -0.25) is 0 Å². The normalized spacial score (nSPS) is 31.2. The summed E-state index contributed by atoms with van der Waals surface area (Å²) in [4.78, 5) is 8.12. The maximum atomic E-state index is 10.0. The standard InChI is InChI=1S/C11H11ClIN3O3/c1-4-7(17)8(18)11(19-4)16-2-5(13)6-9(12)14-3-15-10(6)16/h2-4,7-8,11,17-18H,1H3. The van der Waals surface area contributed by atoms with Gasteiger partial charge in [0.15, 0.2) is 6.23 Å². The molecular formula is C11H11ClIN3O3. The molecule has 1 fully saturated rings. The number of hydrogen-bond acceptors (Lipinski definition) is 5. The Bertz CT molecular complexity index is 635. The number of aromatic nitrogens is 3. The largest absolute Gasteiger partial charge is 0.388 e. The average Bonchev–Trinajstić information content (AvgIpc) is 2.83. The van der Waals surface area contributed by atoms with Crippen molar-refractivity contribution in [3.05, 3.63) is 21.2 Å². The molecule has 2 aromatic heterocycles. The van der Waals surface area contributed by atoms with Gasteiger partial charge in [0.25, 0.3) is 0 Å². The van der Waals surface area contributed by atoms with Crippen molar-refractivity contribution in [2.24, 2.45) is 0 Å². The zero-order valence-corrected chi connectivity index (χ0v) is 12.8. The van der Waals surface area contributed by atoms with Gasteiger partial charge in [-0.2, -0.15) is 0 Å². The average molecular weight is 396 g/mol. The highest BCUT2D eigenvalue weighted by molar-refractivity contribution is 14.1. The fourth-order valence-electron chi connectivity index (χ4n) is 2.26. The quantitative estimate of drug-likeness (QED) is 0.562. The fraction of sp³-hybridized carbons (Fsp3) is 0.455. The molecule has 0 aliphatic carbocycles. The SMILES string of the molecule is CC1OC(n2cc(I)c3c(Cl)ncnc32)C(O)C1O. The highest BCUT2D eigenvalue weighted by atomic mass is 127. The van der Waals surface area contributed by atoms with E-state index in [0.717, 1.165) is 8.96 Å². The van der Waals surface area contributed by atoms with Gasteiger partial charge in [0.2, 0.25) is 0 Å². The van der Waals surface area contributed by atoms with Crippen molar-refractivity contribution in [3.63, 3.8) is 0 Å². The van der Waals surface area contributed by atoms with Crippen LogP contribution in [0.2, 0.25) is 5.15 Å². The summed E-state index contributed by atoms with van der Waals surface area (Å²) >= 11 is 8.18. The topological polar surface area (TPSA) is 80.4 Å². The predicted octanol–water partition coefficient (Wildman–Crippen LogP) is 1.33. The second kappa shape index (κ2) is 4.81. The van der Waals surface area contributed by atoms with Crippen molar-refractivity contribution in [1.29, 1.82) is 0 Å². The minimum absolute atomic E-state index is 0.356. The molecule has 0 amide bonds. The van der Waals surface area contributed by atoms with Crippen LogP contribution in [0.25, 0.3) is 11.0 Å². The summed E-state index contributed by atoms with van der Waals surface area (Å²) in [5.74, 6) is 0. The van der Waals surface area contributed by atoms with Crippen LogP contribution in [-0.4, -0.2) is 43.1 Å². The van der Waals surface area contributed by atoms with Crippen molar-refractivity contribution in [3.8, 4) is 0 Å². The number of aliphatic hydroxyl groups is 2. The Morgan fingerprint density at radius 2 is 2.11 bits per heavy atom. The molecule has 2 aromatic rings. The monoisotopic (exact) mass is 395 g/mol. The first-order valence-electron chi connectivity index (χ1n) is 5.69. The molecule has 0 aromatic carbocycles. The minimum atomic E-state index is -1.00. The van der Waals surface area contributed by atoms with Crippen LogP contribution in [0.5, 0.6) is 0 Å². The number of aliphatic hydroxyl groups excluding tert-OH is 2. The number of hydrogen-bond donors (Lipinski definition) is 2. The van der Waals surface area contributed by atoms with Gasteiger partial charge in [0.05, 0.1) is 11.5 Å². The fourth-order valence-corrected chi connectivity index (χ4v) is 3.44. The Morgan fingerprint density at radius 1 is 1.37 bits per heavy atom. The molecule has 102 valence electrons. The molecule has 4 unspecified atom stereocenters. The van der Waals surface area contributed by atoms with E-state index in [4.69, 9.17) is 16.3 Å². The lowest BCUT2D eigenvalue weighted by atomic mass is 10.1. The van der Waals surface area contributed by atoms with Gasteiger partial charge < -0.3 is 19.5 Å². The zero-order chi connectivity index (χ0) is 13.7. The molecular weight excluding hydrogens is 384 g/mol. The lowest BCUT2D eigenvalue weighted by Crippen LogP contribution is -2.30. The molecule has 3 rings (SSSR count). The summed E-state index contributed by atoms with van der Waals surface area (Å²) in [5.41, 5.74) is 0.578. The van der Waals surface area contributed by atoms with Gasteiger partial charge in [-0.15, -0.1) is 0 Å². The van der Waals surface area contributed by atoms with Gasteiger partial charge in [-0.05, 0) is 29.5 Å². The van der Waals surface area contributed by atoms with E-state index in [1.54, 1.807) is 17.7 Å². The van der Waals surface area contributed by atoms with Crippen LogP contribution in [0.1, 0.15) is 13.2 Å². The minimum Gasteiger partial charge on any atom is -0.388 e. The Balaban J connectivity index is 2.14. The van der Waals surface area contributed by atoms with Crippen LogP contribution in [-0.2, 0) is 4.74 Å². The lowest BCUT2D eigenvalue weighted by Gasteiger charge is -2.17. The summed E-state index contributed by atoms with van der Waals surface area (Å²) in [6.07, 6.45) is 0.102.